The lowest BCUT2D eigenvalue weighted by atomic mass is 9.52. The van der Waals surface area contributed by atoms with Gasteiger partial charge in [0.2, 0.25) is 5.91 Å². The van der Waals surface area contributed by atoms with Gasteiger partial charge in [-0.1, -0.05) is 6.07 Å². The molecule has 0 aliphatic heterocycles. The van der Waals surface area contributed by atoms with Crippen molar-refractivity contribution < 1.29 is 44.4 Å². The molecular weight excluding hydrogens is 560 g/mol. The third-order valence-electron chi connectivity index (χ3n) is 9.04. The van der Waals surface area contributed by atoms with E-state index in [1.165, 1.54) is 31.1 Å². The molecule has 13 heteroatoms. The van der Waals surface area contributed by atoms with Gasteiger partial charge in [0.15, 0.2) is 46.2 Å². The zero-order valence-corrected chi connectivity index (χ0v) is 24.1. The number of likely N-dealkylation sites (N-methyl/N-ethyl adjacent to an activating group) is 1. The van der Waals surface area contributed by atoms with Crippen molar-refractivity contribution >= 4 is 40.4 Å². The van der Waals surface area contributed by atoms with Crippen LogP contribution in [0.25, 0.3) is 0 Å². The average Bonchev–Trinajstić information content (AvgIpc) is 2.91. The van der Waals surface area contributed by atoms with Crippen LogP contribution in [0.15, 0.2) is 24.3 Å². The van der Waals surface area contributed by atoms with E-state index in [0.29, 0.717) is 16.8 Å². The Morgan fingerprint density at radius 3 is 2.28 bits per heavy atom. The number of carbonyl (C=O) groups excluding carboxylic acids is 5. The third kappa shape index (κ3) is 4.41. The first kappa shape index (κ1) is 30.0. The minimum absolute atomic E-state index is 0.0398. The van der Waals surface area contributed by atoms with Crippen molar-refractivity contribution in [2.75, 3.05) is 38.4 Å². The minimum Gasteiger partial charge on any atom is -0.505 e. The lowest BCUT2D eigenvalue weighted by Crippen LogP contribution is -2.74. The number of carbonyl (C=O) groups is 5. The molecule has 2 aromatic carbocycles. The number of aliphatic hydroxyl groups is 1. The summed E-state index contributed by atoms with van der Waals surface area (Å²) in [5.74, 6) is -11.8. The summed E-state index contributed by atoms with van der Waals surface area (Å²) in [6.07, 6.45) is 0.0981. The molecule has 0 saturated heterocycles. The number of phenolic OH excluding ortho intramolecular Hbond substituents is 3. The number of anilines is 2. The highest BCUT2D eigenvalue weighted by Crippen LogP contribution is 2.52. The number of hydrogen-bond donors (Lipinski definition) is 6. The van der Waals surface area contributed by atoms with E-state index >= 15 is 0 Å². The molecule has 1 amide bonds. The quantitative estimate of drug-likeness (QED) is 0.192. The number of nitrogens with two attached hydrogens (primary N) is 1. The molecule has 5 rings (SSSR count). The molecule has 7 N–H and O–H groups in total. The number of amides is 1. The molecule has 228 valence electrons. The second kappa shape index (κ2) is 10.3. The molecule has 2 unspecified atom stereocenters. The normalized spacial score (nSPS) is 28.3. The summed E-state index contributed by atoms with van der Waals surface area (Å²) >= 11 is 0. The standard InChI is InChI=1S/C30H34N4O9/c1-33(2)17-10-16(32-11-12-5-6-18(35)19(36)7-12)24(37)21-14(17)8-13-9-15-23(34(3)4)26(39)22(29(31)42)28(41)30(15,43)27(40)20(13)25(21)38/h5-7,10,13,15,20,22-23,32,35-37,43H,8-9,11H2,1-4H3,(H2,31,42)/t13-,15-,20?,22?,23-,30+/m0/s1. The number of benzene rings is 2. The molecule has 2 fully saturated rings. The van der Waals surface area contributed by atoms with Crippen molar-refractivity contribution in [1.29, 1.82) is 0 Å². The molecule has 43 heavy (non-hydrogen) atoms. The predicted molar refractivity (Wildman–Crippen MR) is 153 cm³/mol. The van der Waals surface area contributed by atoms with E-state index in [4.69, 9.17) is 5.73 Å². The van der Waals surface area contributed by atoms with E-state index in [-0.39, 0.29) is 42.1 Å². The van der Waals surface area contributed by atoms with Crippen molar-refractivity contribution in [3.05, 3.63) is 41.0 Å². The van der Waals surface area contributed by atoms with E-state index < -0.39 is 70.1 Å². The number of nitrogens with zero attached hydrogens (tertiary/aromatic N) is 2. The van der Waals surface area contributed by atoms with Crippen molar-refractivity contribution in [2.24, 2.45) is 29.4 Å². The van der Waals surface area contributed by atoms with Gasteiger partial charge in [0.05, 0.1) is 23.2 Å². The smallest absolute Gasteiger partial charge is 0.235 e. The number of hydrogen-bond acceptors (Lipinski definition) is 12. The summed E-state index contributed by atoms with van der Waals surface area (Å²) in [7, 11) is 6.57. The Kier molecular flexibility index (Phi) is 7.22. The molecule has 0 spiro atoms. The van der Waals surface area contributed by atoms with Gasteiger partial charge >= 0.3 is 0 Å². The summed E-state index contributed by atoms with van der Waals surface area (Å²) in [6, 6.07) is 4.68. The van der Waals surface area contributed by atoms with Gasteiger partial charge in [-0.3, -0.25) is 28.9 Å². The van der Waals surface area contributed by atoms with Crippen LogP contribution in [0.3, 0.4) is 0 Å². The summed E-state index contributed by atoms with van der Waals surface area (Å²) < 4.78 is 0. The van der Waals surface area contributed by atoms with Crippen LogP contribution in [0.1, 0.15) is 27.9 Å². The highest BCUT2D eigenvalue weighted by atomic mass is 16.3. The number of ketones is 4. The molecule has 2 saturated carbocycles. The first-order chi connectivity index (χ1) is 20.1. The highest BCUT2D eigenvalue weighted by molar-refractivity contribution is 6.32. The zero-order valence-electron chi connectivity index (χ0n) is 24.1. The van der Waals surface area contributed by atoms with Gasteiger partial charge in [-0.2, -0.15) is 0 Å². The first-order valence-corrected chi connectivity index (χ1v) is 13.8. The van der Waals surface area contributed by atoms with Gasteiger partial charge in [0.1, 0.15) is 5.75 Å². The Bertz CT molecular complexity index is 1590. The van der Waals surface area contributed by atoms with E-state index in [1.54, 1.807) is 31.1 Å². The van der Waals surface area contributed by atoms with Crippen molar-refractivity contribution in [1.82, 2.24) is 4.90 Å². The molecular formula is C30H34N4O9. The van der Waals surface area contributed by atoms with Crippen LogP contribution in [0.5, 0.6) is 17.2 Å². The lowest BCUT2D eigenvalue weighted by Gasteiger charge is -2.52. The Labute approximate surface area is 246 Å². The number of fused-ring (bicyclic) bond motifs is 3. The van der Waals surface area contributed by atoms with E-state index in [1.807, 2.05) is 0 Å². The second-order valence-electron chi connectivity index (χ2n) is 12.0. The van der Waals surface area contributed by atoms with Crippen molar-refractivity contribution in [2.45, 2.75) is 31.0 Å². The van der Waals surface area contributed by atoms with E-state index in [0.717, 1.165) is 0 Å². The summed E-state index contributed by atoms with van der Waals surface area (Å²) in [4.78, 5) is 70.2. The Hall–Kier alpha value is -4.49. The van der Waals surface area contributed by atoms with Gasteiger partial charge < -0.3 is 36.4 Å². The van der Waals surface area contributed by atoms with Crippen LogP contribution in [0, 0.1) is 23.7 Å². The van der Waals surface area contributed by atoms with Gasteiger partial charge in [0.25, 0.3) is 0 Å². The van der Waals surface area contributed by atoms with Crippen LogP contribution in [-0.4, -0.2) is 94.2 Å². The van der Waals surface area contributed by atoms with Crippen LogP contribution >= 0.6 is 0 Å². The Morgan fingerprint density at radius 2 is 1.70 bits per heavy atom. The zero-order chi connectivity index (χ0) is 31.7. The first-order valence-electron chi connectivity index (χ1n) is 13.8. The number of aromatic hydroxyl groups is 3. The number of Topliss-reactive ketones (excluding diaryl/α,β-unsaturated/α-hetero) is 4. The highest BCUT2D eigenvalue weighted by Gasteiger charge is 2.69. The number of primary amides is 1. The van der Waals surface area contributed by atoms with Crippen LogP contribution < -0.4 is 16.0 Å². The SMILES string of the molecule is CN(C)c1cc(NCc2ccc(O)c(O)c2)c(O)c2c1C[C@H]1C[C@H]3[C@H](N(C)C)C(=O)C(C(N)=O)C(=O)[C@]3(O)C(=O)C1C2=O. The van der Waals surface area contributed by atoms with E-state index in [2.05, 4.69) is 5.32 Å². The third-order valence-corrected chi connectivity index (χ3v) is 9.04. The average molecular weight is 595 g/mol. The maximum absolute atomic E-state index is 14.1. The van der Waals surface area contributed by atoms with Crippen molar-refractivity contribution in [3.63, 3.8) is 0 Å². The topological polar surface area (TPSA) is 211 Å². The van der Waals surface area contributed by atoms with Gasteiger partial charge in [-0.25, -0.2) is 0 Å². The molecule has 6 atom stereocenters. The van der Waals surface area contributed by atoms with Crippen molar-refractivity contribution in [3.8, 4) is 17.2 Å². The molecule has 3 aliphatic rings. The number of rotatable bonds is 6. The van der Waals surface area contributed by atoms with Gasteiger partial charge in [-0.15, -0.1) is 0 Å². The Balaban J connectivity index is 1.59. The van der Waals surface area contributed by atoms with E-state index in [9.17, 15) is 44.4 Å². The molecule has 0 radical (unpaired) electrons. The fraction of sp³-hybridized carbons (Fsp3) is 0.433. The number of phenols is 3. The van der Waals surface area contributed by atoms with Crippen LogP contribution in [0.4, 0.5) is 11.4 Å². The van der Waals surface area contributed by atoms with Crippen LogP contribution in [-0.2, 0) is 32.1 Å². The maximum Gasteiger partial charge on any atom is 0.235 e. The monoisotopic (exact) mass is 594 g/mol. The lowest BCUT2D eigenvalue weighted by molar-refractivity contribution is -0.181. The molecule has 3 aliphatic carbocycles. The molecule has 0 heterocycles. The van der Waals surface area contributed by atoms with Gasteiger partial charge in [-0.05, 0) is 62.2 Å². The largest absolute Gasteiger partial charge is 0.505 e. The summed E-state index contributed by atoms with van der Waals surface area (Å²) in [5, 5.41) is 45.5. The Morgan fingerprint density at radius 1 is 1.02 bits per heavy atom. The second-order valence-corrected chi connectivity index (χ2v) is 12.0. The molecule has 0 aromatic heterocycles. The minimum atomic E-state index is -2.80. The molecule has 13 nitrogen and oxygen atoms in total. The molecule has 0 bridgehead atoms. The number of nitrogens with one attached hydrogen (secondary N) is 1. The molecule has 2 aromatic rings. The fourth-order valence-electron chi connectivity index (χ4n) is 7.06. The summed E-state index contributed by atoms with van der Waals surface area (Å²) in [6.45, 7) is 0.0939. The fourth-order valence-corrected chi connectivity index (χ4v) is 7.06. The van der Waals surface area contributed by atoms with Gasteiger partial charge in [0, 0.05) is 32.2 Å². The van der Waals surface area contributed by atoms with Crippen LogP contribution in [0.2, 0.25) is 0 Å². The predicted octanol–water partition coefficient (Wildman–Crippen LogP) is -0.0437. The maximum atomic E-state index is 14.1. The summed E-state index contributed by atoms with van der Waals surface area (Å²) in [5.41, 5.74) is 4.21.